The molecule has 4 heteroatoms. The van der Waals surface area contributed by atoms with Crippen LogP contribution in [0.15, 0.2) is 24.3 Å². The summed E-state index contributed by atoms with van der Waals surface area (Å²) in [5, 5.41) is 3.28. The van der Waals surface area contributed by atoms with Gasteiger partial charge in [0.05, 0.1) is 17.6 Å². The fraction of sp³-hybridized carbons (Fsp3) is 0.364. The summed E-state index contributed by atoms with van der Waals surface area (Å²) < 4.78 is 2.14. The Hall–Kier alpha value is -1.06. The third kappa shape index (κ3) is 2.30. The molecule has 0 amide bonds. The van der Waals surface area contributed by atoms with Crippen molar-refractivity contribution in [3.05, 3.63) is 30.1 Å². The normalized spacial score (nSPS) is 10.3. The number of nitrogens with one attached hydrogen (secondary N) is 1. The van der Waals surface area contributed by atoms with Crippen molar-refractivity contribution in [2.75, 3.05) is 6.54 Å². The molecule has 0 unspecified atom stereocenters. The van der Waals surface area contributed by atoms with Gasteiger partial charge < -0.3 is 9.88 Å². The van der Waals surface area contributed by atoms with Crippen LogP contribution in [0.4, 0.5) is 0 Å². The minimum atomic E-state index is 0. The Morgan fingerprint density at radius 2 is 2.07 bits per heavy atom. The molecule has 0 aliphatic rings. The average molecular weight is 226 g/mol. The topological polar surface area (TPSA) is 29.9 Å². The van der Waals surface area contributed by atoms with Crippen molar-refractivity contribution in [1.82, 2.24) is 14.9 Å². The number of aromatic nitrogens is 2. The van der Waals surface area contributed by atoms with Gasteiger partial charge in [0.15, 0.2) is 0 Å². The van der Waals surface area contributed by atoms with Crippen LogP contribution in [-0.4, -0.2) is 16.1 Å². The van der Waals surface area contributed by atoms with E-state index in [0.29, 0.717) is 0 Å². The van der Waals surface area contributed by atoms with Crippen LogP contribution < -0.4 is 5.32 Å². The molecule has 0 bridgehead atoms. The summed E-state index contributed by atoms with van der Waals surface area (Å²) in [6.45, 7) is 3.91. The average Bonchev–Trinajstić information content (AvgIpc) is 2.54. The summed E-state index contributed by atoms with van der Waals surface area (Å²) in [6, 6.07) is 8.20. The van der Waals surface area contributed by atoms with Crippen molar-refractivity contribution in [2.24, 2.45) is 7.05 Å². The molecule has 82 valence electrons. The molecule has 0 aliphatic carbocycles. The third-order valence-electron chi connectivity index (χ3n) is 2.41. The van der Waals surface area contributed by atoms with Crippen molar-refractivity contribution in [2.45, 2.75) is 13.5 Å². The van der Waals surface area contributed by atoms with E-state index in [1.165, 1.54) is 5.52 Å². The molecule has 2 rings (SSSR count). The zero-order valence-corrected chi connectivity index (χ0v) is 9.84. The Morgan fingerprint density at radius 3 is 2.73 bits per heavy atom. The van der Waals surface area contributed by atoms with E-state index in [4.69, 9.17) is 0 Å². The van der Waals surface area contributed by atoms with Gasteiger partial charge >= 0.3 is 0 Å². The fourth-order valence-corrected chi connectivity index (χ4v) is 1.59. The first-order valence-corrected chi connectivity index (χ1v) is 4.94. The number of benzene rings is 1. The zero-order chi connectivity index (χ0) is 9.97. The zero-order valence-electron chi connectivity index (χ0n) is 9.03. The molecule has 1 heterocycles. The molecule has 0 atom stereocenters. The second-order valence-electron chi connectivity index (χ2n) is 3.36. The second kappa shape index (κ2) is 5.14. The third-order valence-corrected chi connectivity index (χ3v) is 2.41. The molecule has 1 aromatic carbocycles. The van der Waals surface area contributed by atoms with Crippen LogP contribution in [0.1, 0.15) is 12.7 Å². The molecule has 1 N–H and O–H groups in total. The predicted octanol–water partition coefficient (Wildman–Crippen LogP) is 2.10. The summed E-state index contributed by atoms with van der Waals surface area (Å²) in [5.41, 5.74) is 2.27. The van der Waals surface area contributed by atoms with Gasteiger partial charge in [-0.25, -0.2) is 4.98 Å². The van der Waals surface area contributed by atoms with Crippen LogP contribution in [0.25, 0.3) is 11.0 Å². The summed E-state index contributed by atoms with van der Waals surface area (Å²) in [7, 11) is 2.06. The van der Waals surface area contributed by atoms with Gasteiger partial charge in [-0.2, -0.15) is 0 Å². The number of hydrogen-bond donors (Lipinski definition) is 1. The van der Waals surface area contributed by atoms with Crippen LogP contribution in [0.5, 0.6) is 0 Å². The summed E-state index contributed by atoms with van der Waals surface area (Å²) in [4.78, 5) is 4.55. The molecule has 1 aromatic heterocycles. The minimum Gasteiger partial charge on any atom is -0.330 e. The molecule has 2 aromatic rings. The number of aryl methyl sites for hydroxylation is 1. The lowest BCUT2D eigenvalue weighted by Gasteiger charge is -2.01. The molecular formula is C11H16ClN3. The van der Waals surface area contributed by atoms with Crippen LogP contribution in [0.3, 0.4) is 0 Å². The largest absolute Gasteiger partial charge is 0.330 e. The SMILES string of the molecule is CCNCc1nc2ccccc2n1C.Cl. The summed E-state index contributed by atoms with van der Waals surface area (Å²) >= 11 is 0. The smallest absolute Gasteiger partial charge is 0.123 e. The van der Waals surface area contributed by atoms with Gasteiger partial charge in [-0.3, -0.25) is 0 Å². The van der Waals surface area contributed by atoms with E-state index in [0.717, 1.165) is 24.4 Å². The highest BCUT2D eigenvalue weighted by Gasteiger charge is 2.04. The van der Waals surface area contributed by atoms with Crippen LogP contribution in [-0.2, 0) is 13.6 Å². The maximum absolute atomic E-state index is 4.55. The van der Waals surface area contributed by atoms with Crippen LogP contribution >= 0.6 is 12.4 Å². The van der Waals surface area contributed by atoms with E-state index < -0.39 is 0 Å². The van der Waals surface area contributed by atoms with Crippen molar-refractivity contribution in [1.29, 1.82) is 0 Å². The molecule has 15 heavy (non-hydrogen) atoms. The van der Waals surface area contributed by atoms with Gasteiger partial charge in [0, 0.05) is 7.05 Å². The van der Waals surface area contributed by atoms with E-state index in [-0.39, 0.29) is 12.4 Å². The molecule has 0 fully saturated rings. The Bertz CT molecular complexity index is 436. The number of hydrogen-bond acceptors (Lipinski definition) is 2. The summed E-state index contributed by atoms with van der Waals surface area (Å²) in [5.74, 6) is 1.09. The predicted molar refractivity (Wildman–Crippen MR) is 65.3 cm³/mol. The minimum absolute atomic E-state index is 0. The molecule has 0 aliphatic heterocycles. The van der Waals surface area contributed by atoms with Crippen molar-refractivity contribution >= 4 is 23.4 Å². The first-order valence-electron chi connectivity index (χ1n) is 4.94. The number of imidazole rings is 1. The van der Waals surface area contributed by atoms with Crippen molar-refractivity contribution in [3.63, 3.8) is 0 Å². The number of rotatable bonds is 3. The quantitative estimate of drug-likeness (QED) is 0.867. The van der Waals surface area contributed by atoms with E-state index in [9.17, 15) is 0 Å². The lowest BCUT2D eigenvalue weighted by Crippen LogP contribution is -2.15. The van der Waals surface area contributed by atoms with Gasteiger partial charge in [-0.05, 0) is 18.7 Å². The summed E-state index contributed by atoms with van der Waals surface area (Å²) in [6.07, 6.45) is 0. The maximum Gasteiger partial charge on any atom is 0.123 e. The van der Waals surface area contributed by atoms with Crippen LogP contribution in [0.2, 0.25) is 0 Å². The Labute approximate surface area is 95.9 Å². The number of nitrogens with zero attached hydrogens (tertiary/aromatic N) is 2. The number of halogens is 1. The fourth-order valence-electron chi connectivity index (χ4n) is 1.59. The molecular weight excluding hydrogens is 210 g/mol. The molecule has 0 saturated heterocycles. The lowest BCUT2D eigenvalue weighted by atomic mass is 10.3. The van der Waals surface area contributed by atoms with Crippen molar-refractivity contribution < 1.29 is 0 Å². The molecule has 3 nitrogen and oxygen atoms in total. The highest BCUT2D eigenvalue weighted by molar-refractivity contribution is 5.85. The van der Waals surface area contributed by atoms with Crippen molar-refractivity contribution in [3.8, 4) is 0 Å². The van der Waals surface area contributed by atoms with E-state index in [1.54, 1.807) is 0 Å². The first-order chi connectivity index (χ1) is 6.83. The molecule has 0 saturated carbocycles. The van der Waals surface area contributed by atoms with E-state index in [1.807, 2.05) is 18.2 Å². The Kier molecular flexibility index (Phi) is 4.12. The van der Waals surface area contributed by atoms with Gasteiger partial charge in [-0.15, -0.1) is 12.4 Å². The number of para-hydroxylation sites is 2. The molecule has 0 radical (unpaired) electrons. The Balaban J connectivity index is 0.00000112. The monoisotopic (exact) mass is 225 g/mol. The van der Waals surface area contributed by atoms with Crippen LogP contribution in [0, 0.1) is 0 Å². The van der Waals surface area contributed by atoms with Gasteiger partial charge in [0.2, 0.25) is 0 Å². The first kappa shape index (κ1) is 12.0. The Morgan fingerprint density at radius 1 is 1.33 bits per heavy atom. The standard InChI is InChI=1S/C11H15N3.ClH/c1-3-12-8-11-13-9-6-4-5-7-10(9)14(11)2;/h4-7,12H,3,8H2,1-2H3;1H. The van der Waals surface area contributed by atoms with Gasteiger partial charge in [0.25, 0.3) is 0 Å². The van der Waals surface area contributed by atoms with E-state index >= 15 is 0 Å². The van der Waals surface area contributed by atoms with Gasteiger partial charge in [0.1, 0.15) is 5.82 Å². The maximum atomic E-state index is 4.55. The number of fused-ring (bicyclic) bond motifs is 1. The highest BCUT2D eigenvalue weighted by Crippen LogP contribution is 2.13. The highest BCUT2D eigenvalue weighted by atomic mass is 35.5. The second-order valence-corrected chi connectivity index (χ2v) is 3.36. The van der Waals surface area contributed by atoms with E-state index in [2.05, 4.69) is 34.9 Å². The molecule has 0 spiro atoms. The lowest BCUT2D eigenvalue weighted by molar-refractivity contribution is 0.667. The van der Waals surface area contributed by atoms with Gasteiger partial charge in [-0.1, -0.05) is 19.1 Å².